The van der Waals surface area contributed by atoms with Gasteiger partial charge in [-0.1, -0.05) is 25.4 Å². The van der Waals surface area contributed by atoms with Crippen molar-refractivity contribution in [1.82, 2.24) is 19.0 Å². The zero-order valence-electron chi connectivity index (χ0n) is 24.0. The number of amides is 1. The number of nitrogens with zero attached hydrogens (tertiary/aromatic N) is 4. The van der Waals surface area contributed by atoms with Crippen molar-refractivity contribution in [3.63, 3.8) is 0 Å². The number of benzene rings is 1. The number of halogens is 4. The molecular formula is C27H27ClF3N5O7S. The number of carboxylic acid groups (broad SMARTS) is 1. The molecule has 1 aromatic carbocycles. The molecule has 0 fully saturated rings. The summed E-state index contributed by atoms with van der Waals surface area (Å²) in [4.78, 5) is 54.6. The Hall–Kier alpha value is -4.15. The molecule has 0 saturated heterocycles. The number of carbonyl (C=O) groups excluding carboxylic acids is 1. The Labute approximate surface area is 255 Å². The number of aryl methyl sites for hydroxylation is 2. The summed E-state index contributed by atoms with van der Waals surface area (Å²) in [6.07, 6.45) is -5.31. The van der Waals surface area contributed by atoms with Crippen LogP contribution in [-0.4, -0.2) is 43.1 Å². The predicted molar refractivity (Wildman–Crippen MR) is 155 cm³/mol. The minimum absolute atomic E-state index is 0.0132. The second-order valence-electron chi connectivity index (χ2n) is 10.2. The van der Waals surface area contributed by atoms with Crippen LogP contribution in [0, 0.1) is 12.8 Å². The van der Waals surface area contributed by atoms with Gasteiger partial charge in [0.05, 0.1) is 23.8 Å². The molecule has 0 radical (unpaired) electrons. The average Bonchev–Trinajstić information content (AvgIpc) is 3.46. The molecule has 0 spiro atoms. The van der Waals surface area contributed by atoms with Crippen LogP contribution >= 0.6 is 22.9 Å². The third-order valence-electron chi connectivity index (χ3n) is 6.79. The third-order valence-corrected chi connectivity index (χ3v) is 7.95. The second-order valence-corrected chi connectivity index (χ2v) is 11.4. The molecule has 1 amide bonds. The number of thiazole rings is 1. The molecule has 0 saturated carbocycles. The molecule has 3 aromatic heterocycles. The molecule has 0 bridgehead atoms. The number of hydrogen-bond donors (Lipinski definition) is 2. The lowest BCUT2D eigenvalue weighted by molar-refractivity contribution is -0.274. The number of ether oxygens (including phenoxy) is 1. The van der Waals surface area contributed by atoms with Crippen LogP contribution in [0.15, 0.2) is 42.6 Å². The van der Waals surface area contributed by atoms with Crippen molar-refractivity contribution in [3.8, 4) is 17.0 Å². The lowest BCUT2D eigenvalue weighted by atomic mass is 10.1. The molecule has 3 heterocycles. The summed E-state index contributed by atoms with van der Waals surface area (Å²) >= 11 is 7.08. The van der Waals surface area contributed by atoms with E-state index in [1.165, 1.54) is 30.8 Å². The number of alkyl halides is 3. The zero-order chi connectivity index (χ0) is 32.7. The summed E-state index contributed by atoms with van der Waals surface area (Å²) in [5.41, 5.74) is -0.255. The quantitative estimate of drug-likeness (QED) is 0.278. The molecule has 2 N–H and O–H groups in total. The van der Waals surface area contributed by atoms with Gasteiger partial charge in [-0.2, -0.15) is 4.99 Å². The molecule has 0 unspecified atom stereocenters. The number of fused-ring (bicyclic) bond motifs is 1. The van der Waals surface area contributed by atoms with Crippen molar-refractivity contribution in [2.75, 3.05) is 0 Å². The van der Waals surface area contributed by atoms with E-state index in [4.69, 9.17) is 16.0 Å². The fourth-order valence-electron chi connectivity index (χ4n) is 4.56. The molecule has 0 aliphatic heterocycles. The van der Waals surface area contributed by atoms with E-state index in [0.29, 0.717) is 11.3 Å². The molecule has 17 heteroatoms. The van der Waals surface area contributed by atoms with Gasteiger partial charge >= 0.3 is 18.0 Å². The maximum absolute atomic E-state index is 13.3. The van der Waals surface area contributed by atoms with Crippen LogP contribution in [0.3, 0.4) is 0 Å². The number of aromatic nitrogens is 3. The van der Waals surface area contributed by atoms with Gasteiger partial charge in [-0.25, -0.2) is 4.79 Å². The largest absolute Gasteiger partial charge is 0.573 e. The highest BCUT2D eigenvalue weighted by Gasteiger charge is 2.32. The van der Waals surface area contributed by atoms with E-state index < -0.39 is 41.3 Å². The van der Waals surface area contributed by atoms with Crippen molar-refractivity contribution in [2.24, 2.45) is 25.0 Å². The Balaban J connectivity index is 1.78. The highest BCUT2D eigenvalue weighted by molar-refractivity contribution is 7.07. The molecule has 0 aliphatic rings. The molecule has 1 atom stereocenters. The van der Waals surface area contributed by atoms with E-state index in [2.05, 4.69) is 15.0 Å². The van der Waals surface area contributed by atoms with E-state index in [-0.39, 0.29) is 51.3 Å². The first-order valence-corrected chi connectivity index (χ1v) is 14.2. The number of aliphatic carboxylic acids is 1. The molecule has 0 aliphatic carbocycles. The minimum Gasteiger partial charge on any atom is -0.480 e. The summed E-state index contributed by atoms with van der Waals surface area (Å²) in [6.45, 7) is 4.82. The molecule has 236 valence electrons. The first-order chi connectivity index (χ1) is 20.5. The number of furan rings is 1. The third kappa shape index (κ3) is 6.66. The maximum atomic E-state index is 13.3. The standard InChI is InChI=1S/C27H27ClF3N5O7S/c1-12(2)21(24(39)40)32-11-36-17(14-6-7-18(16(28)8-14)43-27(29,30)31)10-44-25(36)33-19(37)9-15-13(3)42-23-20(15)22(38)34(4)26(41)35(23)5/h6-8,10,12,21,32H,9,11H2,1-5H3,(H,39,40)/t21-/m0/s1. The minimum atomic E-state index is -4.95. The average molecular weight is 658 g/mol. The van der Waals surface area contributed by atoms with Gasteiger partial charge in [0.1, 0.15) is 22.9 Å². The van der Waals surface area contributed by atoms with Gasteiger partial charge in [-0.3, -0.25) is 28.8 Å². The van der Waals surface area contributed by atoms with Crippen LogP contribution in [0.25, 0.3) is 22.4 Å². The highest BCUT2D eigenvalue weighted by atomic mass is 35.5. The van der Waals surface area contributed by atoms with Gasteiger partial charge in [0, 0.05) is 30.6 Å². The summed E-state index contributed by atoms with van der Waals surface area (Å²) in [6, 6.07) is 2.63. The maximum Gasteiger partial charge on any atom is 0.573 e. The van der Waals surface area contributed by atoms with Crippen LogP contribution in [0.4, 0.5) is 13.2 Å². The van der Waals surface area contributed by atoms with Crippen molar-refractivity contribution >= 4 is 45.9 Å². The molecular weight excluding hydrogens is 631 g/mol. The van der Waals surface area contributed by atoms with Gasteiger partial charge in [0.2, 0.25) is 5.71 Å². The van der Waals surface area contributed by atoms with Crippen LogP contribution in [-0.2, 0) is 36.8 Å². The first kappa shape index (κ1) is 32.8. The summed E-state index contributed by atoms with van der Waals surface area (Å²) < 4.78 is 51.3. The van der Waals surface area contributed by atoms with E-state index in [1.807, 2.05) is 0 Å². The topological polar surface area (TPSA) is 150 Å². The van der Waals surface area contributed by atoms with E-state index in [9.17, 15) is 37.5 Å². The molecule has 4 rings (SSSR count). The van der Waals surface area contributed by atoms with E-state index in [1.54, 1.807) is 26.2 Å². The number of rotatable bonds is 9. The SMILES string of the molecule is Cc1oc2c(c1CC(=O)N=c1scc(-c3ccc(OC(F)(F)F)c(Cl)c3)n1CN[C@H](C(=O)O)C(C)C)c(=O)n(C)c(=O)n2C. The van der Waals surface area contributed by atoms with E-state index >= 15 is 0 Å². The van der Waals surface area contributed by atoms with Gasteiger partial charge in [0.15, 0.2) is 4.80 Å². The number of hydrogen-bond acceptors (Lipinski definition) is 8. The predicted octanol–water partition coefficient (Wildman–Crippen LogP) is 3.55. The smallest absolute Gasteiger partial charge is 0.480 e. The number of carboxylic acids is 1. The van der Waals surface area contributed by atoms with Gasteiger partial charge in [-0.15, -0.1) is 24.5 Å². The second kappa shape index (κ2) is 12.5. The number of carbonyl (C=O) groups is 2. The lowest BCUT2D eigenvalue weighted by Gasteiger charge is -2.19. The highest BCUT2D eigenvalue weighted by Crippen LogP contribution is 2.34. The Morgan fingerprint density at radius 3 is 2.48 bits per heavy atom. The van der Waals surface area contributed by atoms with Crippen LogP contribution in [0.5, 0.6) is 5.75 Å². The van der Waals surface area contributed by atoms with Crippen LogP contribution in [0.1, 0.15) is 25.2 Å². The fourth-order valence-corrected chi connectivity index (χ4v) is 5.71. The zero-order valence-corrected chi connectivity index (χ0v) is 25.6. The Kier molecular flexibility index (Phi) is 9.27. The fraction of sp³-hybridized carbons (Fsp3) is 0.370. The van der Waals surface area contributed by atoms with Crippen LogP contribution in [0.2, 0.25) is 5.02 Å². The molecule has 44 heavy (non-hydrogen) atoms. The monoisotopic (exact) mass is 657 g/mol. The summed E-state index contributed by atoms with van der Waals surface area (Å²) in [5, 5.41) is 13.9. The summed E-state index contributed by atoms with van der Waals surface area (Å²) in [7, 11) is 2.74. The Bertz CT molecular complexity index is 1950. The molecule has 12 nitrogen and oxygen atoms in total. The normalized spacial score (nSPS) is 13.2. The van der Waals surface area contributed by atoms with Crippen molar-refractivity contribution in [3.05, 3.63) is 65.6 Å². The van der Waals surface area contributed by atoms with Gasteiger partial charge in [-0.05, 0) is 31.0 Å². The first-order valence-electron chi connectivity index (χ1n) is 13.0. The van der Waals surface area contributed by atoms with Gasteiger partial charge in [0.25, 0.3) is 11.5 Å². The Morgan fingerprint density at radius 2 is 1.89 bits per heavy atom. The Morgan fingerprint density at radius 1 is 1.20 bits per heavy atom. The number of nitrogens with one attached hydrogen (secondary N) is 1. The van der Waals surface area contributed by atoms with E-state index in [0.717, 1.165) is 26.5 Å². The molecule has 4 aromatic rings. The summed E-state index contributed by atoms with van der Waals surface area (Å²) in [5.74, 6) is -2.47. The lowest BCUT2D eigenvalue weighted by Crippen LogP contribution is -2.43. The van der Waals surface area contributed by atoms with Crippen molar-refractivity contribution in [1.29, 1.82) is 0 Å². The van der Waals surface area contributed by atoms with Crippen molar-refractivity contribution < 1.29 is 37.0 Å². The van der Waals surface area contributed by atoms with Gasteiger partial charge < -0.3 is 18.8 Å². The van der Waals surface area contributed by atoms with Crippen molar-refractivity contribution in [2.45, 2.75) is 46.3 Å². The van der Waals surface area contributed by atoms with Crippen LogP contribution < -0.4 is 26.1 Å².